The zero-order valence-corrected chi connectivity index (χ0v) is 17.4. The number of hydrogen-bond donors (Lipinski definition) is 0. The zero-order chi connectivity index (χ0) is 18.5. The lowest BCUT2D eigenvalue weighted by atomic mass is 10.0. The zero-order valence-electron chi connectivity index (χ0n) is 15.0. The Bertz CT molecular complexity index is 670. The molecule has 24 heavy (non-hydrogen) atoms. The normalized spacial score (nSPS) is 12.0. The number of rotatable bonds is 8. The van der Waals surface area contributed by atoms with Gasteiger partial charge in [0.05, 0.1) is 4.90 Å². The third kappa shape index (κ3) is 4.80. The summed E-state index contributed by atoms with van der Waals surface area (Å²) in [6.45, 7) is 7.47. The van der Waals surface area contributed by atoms with Crippen LogP contribution in [0.1, 0.15) is 44.0 Å². The van der Waals surface area contributed by atoms with E-state index in [1.807, 2.05) is 6.92 Å². The van der Waals surface area contributed by atoms with E-state index in [1.165, 1.54) is 20.2 Å². The smallest absolute Gasteiger partial charge is 0.253 e. The molecule has 136 valence electrons. The summed E-state index contributed by atoms with van der Waals surface area (Å²) in [6, 6.07) is 4.74. The summed E-state index contributed by atoms with van der Waals surface area (Å²) in [5.74, 6) is 0.321. The van der Waals surface area contributed by atoms with Crippen LogP contribution >= 0.6 is 15.9 Å². The molecule has 0 bridgehead atoms. The van der Waals surface area contributed by atoms with Crippen LogP contribution in [-0.4, -0.2) is 50.7 Å². The Balaban J connectivity index is 3.20. The van der Waals surface area contributed by atoms with E-state index in [9.17, 15) is 13.2 Å². The van der Waals surface area contributed by atoms with E-state index in [0.717, 1.165) is 17.1 Å². The highest BCUT2D eigenvalue weighted by atomic mass is 79.9. The predicted octanol–water partition coefficient (Wildman–Crippen LogP) is 3.60. The first kappa shape index (κ1) is 21.1. The molecule has 0 saturated carbocycles. The molecule has 0 radical (unpaired) electrons. The maximum absolute atomic E-state index is 12.8. The van der Waals surface area contributed by atoms with Gasteiger partial charge in [-0.1, -0.05) is 26.7 Å². The van der Waals surface area contributed by atoms with Crippen molar-refractivity contribution in [3.8, 4) is 0 Å². The number of carbonyl (C=O) groups excluding carboxylic acids is 1. The highest BCUT2D eigenvalue weighted by Crippen LogP contribution is 2.26. The monoisotopic (exact) mass is 418 g/mol. The number of benzene rings is 1. The fourth-order valence-corrected chi connectivity index (χ4v) is 4.27. The van der Waals surface area contributed by atoms with E-state index in [-0.39, 0.29) is 10.8 Å². The van der Waals surface area contributed by atoms with Gasteiger partial charge in [0.15, 0.2) is 0 Å². The quantitative estimate of drug-likeness (QED) is 0.647. The lowest BCUT2D eigenvalue weighted by molar-refractivity contribution is 0.0734. The van der Waals surface area contributed by atoms with Crippen molar-refractivity contribution in [2.24, 2.45) is 5.92 Å². The fraction of sp³-hybridized carbons (Fsp3) is 0.588. The third-order valence-corrected chi connectivity index (χ3v) is 7.05. The summed E-state index contributed by atoms with van der Waals surface area (Å²) < 4.78 is 26.4. The van der Waals surface area contributed by atoms with Gasteiger partial charge in [-0.15, -0.1) is 0 Å². The third-order valence-electron chi connectivity index (χ3n) is 4.24. The second-order valence-electron chi connectivity index (χ2n) is 5.96. The lowest BCUT2D eigenvalue weighted by Crippen LogP contribution is -2.35. The van der Waals surface area contributed by atoms with Gasteiger partial charge < -0.3 is 4.90 Å². The summed E-state index contributed by atoms with van der Waals surface area (Å²) >= 11 is 3.27. The second kappa shape index (κ2) is 8.97. The molecule has 0 aliphatic rings. The maximum atomic E-state index is 12.8. The van der Waals surface area contributed by atoms with Crippen LogP contribution in [-0.2, 0) is 10.0 Å². The van der Waals surface area contributed by atoms with Gasteiger partial charge in [0.1, 0.15) is 0 Å². The fourth-order valence-electron chi connectivity index (χ4n) is 2.43. The van der Waals surface area contributed by atoms with Gasteiger partial charge >= 0.3 is 0 Å². The van der Waals surface area contributed by atoms with Crippen molar-refractivity contribution in [1.29, 1.82) is 0 Å². The van der Waals surface area contributed by atoms with Gasteiger partial charge in [0.25, 0.3) is 5.91 Å². The van der Waals surface area contributed by atoms with Crippen molar-refractivity contribution in [3.05, 3.63) is 28.2 Å². The van der Waals surface area contributed by atoms with Gasteiger partial charge in [-0.25, -0.2) is 12.7 Å². The van der Waals surface area contributed by atoms with E-state index in [0.29, 0.717) is 29.0 Å². The van der Waals surface area contributed by atoms with Crippen LogP contribution in [0.15, 0.2) is 27.6 Å². The molecular formula is C17H27BrN2O3S. The molecule has 7 heteroatoms. The standard InChI is InChI=1S/C17H27BrN2O3S/c1-6-13(7-2)12-20(8-3)17(21)14-9-10-15(18)16(11-14)24(22,23)19(4)5/h9-11,13H,6-8,12H2,1-5H3. The molecule has 0 N–H and O–H groups in total. The van der Waals surface area contributed by atoms with Gasteiger partial charge in [-0.2, -0.15) is 0 Å². The highest BCUT2D eigenvalue weighted by molar-refractivity contribution is 9.10. The van der Waals surface area contributed by atoms with Crippen molar-refractivity contribution in [2.45, 2.75) is 38.5 Å². The Hall–Kier alpha value is -0.920. The van der Waals surface area contributed by atoms with Crippen LogP contribution in [0.3, 0.4) is 0 Å². The minimum atomic E-state index is -3.61. The Labute approximate surface area is 154 Å². The van der Waals surface area contributed by atoms with Crippen LogP contribution in [0.2, 0.25) is 0 Å². The largest absolute Gasteiger partial charge is 0.339 e. The predicted molar refractivity (Wildman–Crippen MR) is 101 cm³/mol. The summed E-state index contributed by atoms with van der Waals surface area (Å²) in [5, 5.41) is 0. The van der Waals surface area contributed by atoms with E-state index < -0.39 is 10.0 Å². The molecule has 0 saturated heterocycles. The lowest BCUT2D eigenvalue weighted by Gasteiger charge is -2.26. The Morgan fingerprint density at radius 1 is 1.17 bits per heavy atom. The molecular weight excluding hydrogens is 392 g/mol. The van der Waals surface area contributed by atoms with Crippen LogP contribution < -0.4 is 0 Å². The number of carbonyl (C=O) groups is 1. The topological polar surface area (TPSA) is 57.7 Å². The van der Waals surface area contributed by atoms with Crippen molar-refractivity contribution >= 4 is 31.9 Å². The van der Waals surface area contributed by atoms with Crippen molar-refractivity contribution in [3.63, 3.8) is 0 Å². The number of nitrogens with zero attached hydrogens (tertiary/aromatic N) is 2. The molecule has 0 heterocycles. The Kier molecular flexibility index (Phi) is 7.89. The molecule has 1 rings (SSSR count). The molecule has 0 fully saturated rings. The van der Waals surface area contributed by atoms with Crippen molar-refractivity contribution in [2.75, 3.05) is 27.2 Å². The summed E-state index contributed by atoms with van der Waals surface area (Å²) in [4.78, 5) is 14.7. The minimum Gasteiger partial charge on any atom is -0.339 e. The Morgan fingerprint density at radius 3 is 2.21 bits per heavy atom. The number of halogens is 1. The van der Waals surface area contributed by atoms with Crippen molar-refractivity contribution in [1.82, 2.24) is 9.21 Å². The highest BCUT2D eigenvalue weighted by Gasteiger charge is 2.24. The Morgan fingerprint density at radius 2 is 1.75 bits per heavy atom. The van der Waals surface area contributed by atoms with Crippen LogP contribution in [0.25, 0.3) is 0 Å². The van der Waals surface area contributed by atoms with Crippen LogP contribution in [0, 0.1) is 5.92 Å². The summed E-state index contributed by atoms with van der Waals surface area (Å²) in [6.07, 6.45) is 2.03. The molecule has 0 spiro atoms. The molecule has 1 aromatic rings. The van der Waals surface area contributed by atoms with Gasteiger partial charge in [0, 0.05) is 37.2 Å². The van der Waals surface area contributed by atoms with E-state index in [4.69, 9.17) is 0 Å². The average molecular weight is 419 g/mol. The number of sulfonamides is 1. The molecule has 0 aromatic heterocycles. The van der Waals surface area contributed by atoms with Gasteiger partial charge in [-0.05, 0) is 47.0 Å². The minimum absolute atomic E-state index is 0.108. The van der Waals surface area contributed by atoms with E-state index in [1.54, 1.807) is 17.0 Å². The number of hydrogen-bond acceptors (Lipinski definition) is 3. The number of amides is 1. The molecule has 5 nitrogen and oxygen atoms in total. The molecule has 0 unspecified atom stereocenters. The molecule has 0 atom stereocenters. The first-order chi connectivity index (χ1) is 11.2. The van der Waals surface area contributed by atoms with Crippen LogP contribution in [0.5, 0.6) is 0 Å². The molecule has 1 aromatic carbocycles. The summed E-state index contributed by atoms with van der Waals surface area (Å²) in [5.41, 5.74) is 0.395. The van der Waals surface area contributed by atoms with Gasteiger partial charge in [-0.3, -0.25) is 4.79 Å². The molecule has 0 aliphatic carbocycles. The molecule has 0 aliphatic heterocycles. The maximum Gasteiger partial charge on any atom is 0.253 e. The molecule has 1 amide bonds. The van der Waals surface area contributed by atoms with E-state index >= 15 is 0 Å². The summed E-state index contributed by atoms with van der Waals surface area (Å²) in [7, 11) is -0.665. The van der Waals surface area contributed by atoms with Crippen molar-refractivity contribution < 1.29 is 13.2 Å². The first-order valence-corrected chi connectivity index (χ1v) is 10.4. The van der Waals surface area contributed by atoms with E-state index in [2.05, 4.69) is 29.8 Å². The SMILES string of the molecule is CCC(CC)CN(CC)C(=O)c1ccc(Br)c(S(=O)(=O)N(C)C)c1. The van der Waals surface area contributed by atoms with Crippen LogP contribution in [0.4, 0.5) is 0 Å². The van der Waals surface area contributed by atoms with Gasteiger partial charge in [0.2, 0.25) is 10.0 Å². The average Bonchev–Trinajstić information content (AvgIpc) is 2.55. The second-order valence-corrected chi connectivity index (χ2v) is 8.93. The first-order valence-electron chi connectivity index (χ1n) is 8.20.